The highest BCUT2D eigenvalue weighted by Crippen LogP contribution is 2.36. The van der Waals surface area contributed by atoms with Gasteiger partial charge in [0.2, 0.25) is 0 Å². The summed E-state index contributed by atoms with van der Waals surface area (Å²) >= 11 is 5.68. The number of hydrogen-bond donors (Lipinski definition) is 1. The Hall–Kier alpha value is -0.310. The van der Waals surface area contributed by atoms with E-state index < -0.39 is 0 Å². The van der Waals surface area contributed by atoms with E-state index in [4.69, 9.17) is 17.3 Å². The van der Waals surface area contributed by atoms with E-state index in [9.17, 15) is 0 Å². The molecule has 0 amide bonds. The zero-order chi connectivity index (χ0) is 9.26. The van der Waals surface area contributed by atoms with Crippen molar-refractivity contribution in [2.45, 2.75) is 25.3 Å². The zero-order valence-electron chi connectivity index (χ0n) is 7.82. The molecule has 0 spiro atoms. The lowest BCUT2D eigenvalue weighted by molar-refractivity contribution is 0.595. The molecule has 78 valence electrons. The fourth-order valence-electron chi connectivity index (χ4n) is 1.46. The molecule has 14 heavy (non-hydrogen) atoms. The molecule has 1 heterocycles. The molecule has 1 aliphatic carbocycles. The highest BCUT2D eigenvalue weighted by molar-refractivity contribution is 6.29. The van der Waals surface area contributed by atoms with Gasteiger partial charge in [0, 0.05) is 12.2 Å². The largest absolute Gasteiger partial charge is 0.324 e. The second-order valence-corrected chi connectivity index (χ2v) is 4.09. The van der Waals surface area contributed by atoms with Crippen LogP contribution >= 0.6 is 24.0 Å². The van der Waals surface area contributed by atoms with E-state index in [0.29, 0.717) is 5.15 Å². The van der Waals surface area contributed by atoms with Gasteiger partial charge in [0.25, 0.3) is 0 Å². The lowest BCUT2D eigenvalue weighted by atomic mass is 10.0. The molecule has 0 unspecified atom stereocenters. The van der Waals surface area contributed by atoms with Crippen LogP contribution in [0, 0.1) is 5.92 Å². The van der Waals surface area contributed by atoms with Crippen LogP contribution in [-0.4, -0.2) is 4.98 Å². The molecule has 1 aromatic rings. The van der Waals surface area contributed by atoms with Crippen LogP contribution in [0.5, 0.6) is 0 Å². The van der Waals surface area contributed by atoms with Gasteiger partial charge in [-0.1, -0.05) is 30.5 Å². The average Bonchev–Trinajstić information content (AvgIpc) is 2.89. The summed E-state index contributed by atoms with van der Waals surface area (Å²) in [6.45, 7) is 0. The topological polar surface area (TPSA) is 38.9 Å². The van der Waals surface area contributed by atoms with Crippen molar-refractivity contribution in [2.24, 2.45) is 11.7 Å². The maximum absolute atomic E-state index is 6.00. The molecule has 1 aromatic heterocycles. The molecule has 1 saturated carbocycles. The third-order valence-corrected chi connectivity index (χ3v) is 2.69. The van der Waals surface area contributed by atoms with E-state index in [-0.39, 0.29) is 18.4 Å². The quantitative estimate of drug-likeness (QED) is 0.815. The predicted octanol–water partition coefficient (Wildman–Crippen LogP) is 2.96. The highest BCUT2D eigenvalue weighted by atomic mass is 35.5. The number of halogens is 2. The second kappa shape index (κ2) is 4.96. The second-order valence-electron chi connectivity index (χ2n) is 3.70. The highest BCUT2D eigenvalue weighted by Gasteiger charge is 2.24. The van der Waals surface area contributed by atoms with Gasteiger partial charge in [-0.15, -0.1) is 12.4 Å². The third-order valence-electron chi connectivity index (χ3n) is 2.46. The first kappa shape index (κ1) is 11.8. The number of rotatable bonds is 3. The number of nitrogens with two attached hydrogens (primary N) is 1. The van der Waals surface area contributed by atoms with Crippen molar-refractivity contribution in [2.75, 3.05) is 0 Å². The van der Waals surface area contributed by atoms with Crippen molar-refractivity contribution >= 4 is 24.0 Å². The molecule has 2 nitrogen and oxygen atoms in total. The van der Waals surface area contributed by atoms with Gasteiger partial charge in [0.05, 0.1) is 0 Å². The van der Waals surface area contributed by atoms with Gasteiger partial charge in [0.1, 0.15) is 5.15 Å². The van der Waals surface area contributed by atoms with Crippen molar-refractivity contribution in [3.63, 3.8) is 0 Å². The summed E-state index contributed by atoms with van der Waals surface area (Å²) in [5, 5.41) is 0.530. The molecule has 1 fully saturated rings. The Kier molecular flexibility index (Phi) is 4.17. The Morgan fingerprint density at radius 2 is 2.21 bits per heavy atom. The van der Waals surface area contributed by atoms with E-state index in [1.807, 2.05) is 6.07 Å². The summed E-state index contributed by atoms with van der Waals surface area (Å²) in [5.74, 6) is 0.852. The van der Waals surface area contributed by atoms with E-state index in [0.717, 1.165) is 17.9 Å². The first-order chi connectivity index (χ1) is 6.25. The number of hydrogen-bond acceptors (Lipinski definition) is 2. The van der Waals surface area contributed by atoms with E-state index >= 15 is 0 Å². The van der Waals surface area contributed by atoms with Crippen LogP contribution in [-0.2, 0) is 0 Å². The molecular weight excluding hydrogens is 219 g/mol. The molecule has 1 atom stereocenters. The van der Waals surface area contributed by atoms with Crippen LogP contribution in [0.1, 0.15) is 30.9 Å². The van der Waals surface area contributed by atoms with Crippen molar-refractivity contribution in [1.29, 1.82) is 0 Å². The first-order valence-corrected chi connectivity index (χ1v) is 5.00. The SMILES string of the molecule is Cl.N[C@H](CC1CC1)c1ccc(Cl)nc1. The van der Waals surface area contributed by atoms with Gasteiger partial charge in [-0.25, -0.2) is 4.98 Å². The Bertz CT molecular complexity index is 283. The number of aromatic nitrogens is 1. The molecular formula is C10H14Cl2N2. The van der Waals surface area contributed by atoms with Crippen LogP contribution in [0.15, 0.2) is 18.3 Å². The van der Waals surface area contributed by atoms with Crippen LogP contribution in [0.25, 0.3) is 0 Å². The fourth-order valence-corrected chi connectivity index (χ4v) is 1.57. The molecule has 0 bridgehead atoms. The van der Waals surface area contributed by atoms with Crippen LogP contribution < -0.4 is 5.73 Å². The van der Waals surface area contributed by atoms with Crippen molar-refractivity contribution in [3.05, 3.63) is 29.0 Å². The van der Waals surface area contributed by atoms with Crippen LogP contribution in [0.2, 0.25) is 5.15 Å². The van der Waals surface area contributed by atoms with Gasteiger partial charge in [0.15, 0.2) is 0 Å². The fraction of sp³-hybridized carbons (Fsp3) is 0.500. The van der Waals surface area contributed by atoms with Gasteiger partial charge in [-0.3, -0.25) is 0 Å². The summed E-state index contributed by atoms with van der Waals surface area (Å²) in [5.41, 5.74) is 7.10. The third kappa shape index (κ3) is 3.12. The standard InChI is InChI=1S/C10H13ClN2.ClH/c11-10-4-3-8(6-13-10)9(12)5-7-1-2-7;/h3-4,6-7,9H,1-2,5,12H2;1H/t9-;/m1./s1. The molecule has 2 rings (SSSR count). The Balaban J connectivity index is 0.000000980. The predicted molar refractivity (Wildman–Crippen MR) is 60.8 cm³/mol. The lowest BCUT2D eigenvalue weighted by Crippen LogP contribution is -2.11. The molecule has 1 aliphatic rings. The van der Waals surface area contributed by atoms with Crippen molar-refractivity contribution in [1.82, 2.24) is 4.98 Å². The normalized spacial score (nSPS) is 17.3. The summed E-state index contributed by atoms with van der Waals surface area (Å²) in [7, 11) is 0. The summed E-state index contributed by atoms with van der Waals surface area (Å²) in [6.07, 6.45) is 5.54. The van der Waals surface area contributed by atoms with Gasteiger partial charge < -0.3 is 5.73 Å². The van der Waals surface area contributed by atoms with Gasteiger partial charge in [-0.05, 0) is 24.0 Å². The zero-order valence-corrected chi connectivity index (χ0v) is 9.39. The Morgan fingerprint density at radius 1 is 1.50 bits per heavy atom. The molecule has 0 aromatic carbocycles. The molecule has 2 N–H and O–H groups in total. The van der Waals surface area contributed by atoms with E-state index in [1.54, 1.807) is 12.3 Å². The molecule has 0 saturated heterocycles. The minimum atomic E-state index is 0. The average molecular weight is 233 g/mol. The maximum Gasteiger partial charge on any atom is 0.129 e. The maximum atomic E-state index is 6.00. The molecule has 0 radical (unpaired) electrons. The van der Waals surface area contributed by atoms with E-state index in [2.05, 4.69) is 4.98 Å². The van der Waals surface area contributed by atoms with Crippen LogP contribution in [0.4, 0.5) is 0 Å². The van der Waals surface area contributed by atoms with E-state index in [1.165, 1.54) is 12.8 Å². The summed E-state index contributed by atoms with van der Waals surface area (Å²) in [4.78, 5) is 4.01. The smallest absolute Gasteiger partial charge is 0.129 e. The molecule has 0 aliphatic heterocycles. The van der Waals surface area contributed by atoms with Gasteiger partial charge >= 0.3 is 0 Å². The van der Waals surface area contributed by atoms with Crippen molar-refractivity contribution in [3.8, 4) is 0 Å². The summed E-state index contributed by atoms with van der Waals surface area (Å²) in [6, 6.07) is 3.89. The van der Waals surface area contributed by atoms with Crippen LogP contribution in [0.3, 0.4) is 0 Å². The van der Waals surface area contributed by atoms with Crippen molar-refractivity contribution < 1.29 is 0 Å². The minimum Gasteiger partial charge on any atom is -0.324 e. The lowest BCUT2D eigenvalue weighted by Gasteiger charge is -2.10. The number of nitrogens with zero attached hydrogens (tertiary/aromatic N) is 1. The molecule has 4 heteroatoms. The Morgan fingerprint density at radius 3 is 2.71 bits per heavy atom. The monoisotopic (exact) mass is 232 g/mol. The summed E-state index contributed by atoms with van der Waals surface area (Å²) < 4.78 is 0. The van der Waals surface area contributed by atoms with Gasteiger partial charge in [-0.2, -0.15) is 0 Å². The number of pyridine rings is 1. The minimum absolute atomic E-state index is 0. The first-order valence-electron chi connectivity index (χ1n) is 4.63. The Labute approximate surface area is 95.3 Å².